The molecule has 1 saturated heterocycles. The smallest absolute Gasteiger partial charge is 0.302 e. The molecule has 23 heavy (non-hydrogen) atoms. The van der Waals surface area contributed by atoms with Gasteiger partial charge in [-0.3, -0.25) is 4.79 Å². The first kappa shape index (κ1) is 20.2. The molecule has 1 fully saturated rings. The topological polar surface area (TPSA) is 35.5 Å². The molecule has 0 aromatic rings. The molecule has 3 nitrogen and oxygen atoms in total. The predicted molar refractivity (Wildman–Crippen MR) is 95.4 cm³/mol. The lowest BCUT2D eigenvalue weighted by atomic mass is 9.89. The summed E-state index contributed by atoms with van der Waals surface area (Å²) in [4.78, 5) is 11.4. The first-order valence-corrected chi connectivity index (χ1v) is 9.27. The van der Waals surface area contributed by atoms with Crippen LogP contribution in [0.4, 0.5) is 0 Å². The van der Waals surface area contributed by atoms with E-state index >= 15 is 0 Å². The van der Waals surface area contributed by atoms with Crippen molar-refractivity contribution >= 4 is 5.97 Å². The van der Waals surface area contributed by atoms with E-state index in [4.69, 9.17) is 9.47 Å². The molecule has 3 heteroatoms. The van der Waals surface area contributed by atoms with Crippen LogP contribution in [0.25, 0.3) is 0 Å². The van der Waals surface area contributed by atoms with Crippen LogP contribution in [0.5, 0.6) is 0 Å². The molecule has 0 amide bonds. The Morgan fingerprint density at radius 1 is 1.26 bits per heavy atom. The van der Waals surface area contributed by atoms with E-state index in [1.165, 1.54) is 38.2 Å². The zero-order chi connectivity index (χ0) is 17.3. The molecular formula is C20H36O3. The van der Waals surface area contributed by atoms with Gasteiger partial charge in [0.05, 0.1) is 5.60 Å². The number of hydrogen-bond acceptors (Lipinski definition) is 3. The SMILES string of the molecule is CC(=O)OC(CC=C(C)C)C(C)CCCC1(C)CCCCCO1. The third-order valence-electron chi connectivity index (χ3n) is 4.88. The molecule has 3 atom stereocenters. The minimum Gasteiger partial charge on any atom is -0.462 e. The number of esters is 1. The van der Waals surface area contributed by atoms with Crippen molar-refractivity contribution in [3.63, 3.8) is 0 Å². The lowest BCUT2D eigenvalue weighted by molar-refractivity contribution is -0.148. The third-order valence-corrected chi connectivity index (χ3v) is 4.88. The van der Waals surface area contributed by atoms with E-state index in [0.29, 0.717) is 5.92 Å². The molecule has 134 valence electrons. The van der Waals surface area contributed by atoms with Crippen molar-refractivity contribution < 1.29 is 14.3 Å². The van der Waals surface area contributed by atoms with Crippen LogP contribution < -0.4 is 0 Å². The first-order chi connectivity index (χ1) is 10.8. The molecule has 0 N–H and O–H groups in total. The molecule has 0 aromatic carbocycles. The normalized spacial score (nSPS) is 24.4. The fourth-order valence-electron chi connectivity index (χ4n) is 3.31. The maximum absolute atomic E-state index is 11.4. The Balaban J connectivity index is 2.45. The van der Waals surface area contributed by atoms with E-state index in [0.717, 1.165) is 32.3 Å². The van der Waals surface area contributed by atoms with Crippen molar-refractivity contribution in [2.45, 2.75) is 97.7 Å². The molecule has 0 radical (unpaired) electrons. The van der Waals surface area contributed by atoms with Gasteiger partial charge in [-0.1, -0.05) is 37.8 Å². The van der Waals surface area contributed by atoms with Gasteiger partial charge in [0.15, 0.2) is 0 Å². The zero-order valence-electron chi connectivity index (χ0n) is 15.8. The molecule has 3 unspecified atom stereocenters. The maximum Gasteiger partial charge on any atom is 0.302 e. The van der Waals surface area contributed by atoms with Crippen molar-refractivity contribution in [2.24, 2.45) is 5.92 Å². The molecule has 1 aliphatic rings. The second-order valence-electron chi connectivity index (χ2n) is 7.64. The van der Waals surface area contributed by atoms with Gasteiger partial charge >= 0.3 is 5.97 Å². The highest BCUT2D eigenvalue weighted by Gasteiger charge is 2.27. The van der Waals surface area contributed by atoms with Gasteiger partial charge in [-0.05, 0) is 52.4 Å². The van der Waals surface area contributed by atoms with Crippen LogP contribution in [0.3, 0.4) is 0 Å². The number of ether oxygens (including phenoxy) is 2. The van der Waals surface area contributed by atoms with Crippen molar-refractivity contribution in [2.75, 3.05) is 6.61 Å². The first-order valence-electron chi connectivity index (χ1n) is 9.27. The van der Waals surface area contributed by atoms with E-state index in [9.17, 15) is 4.79 Å². The average molecular weight is 325 g/mol. The summed E-state index contributed by atoms with van der Waals surface area (Å²) in [5.74, 6) is 0.201. The van der Waals surface area contributed by atoms with Crippen LogP contribution >= 0.6 is 0 Å². The predicted octanol–water partition coefficient (Wildman–Crippen LogP) is 5.43. The van der Waals surface area contributed by atoms with Gasteiger partial charge in [-0.2, -0.15) is 0 Å². The largest absolute Gasteiger partial charge is 0.462 e. The van der Waals surface area contributed by atoms with Gasteiger partial charge in [0, 0.05) is 20.0 Å². The molecule has 0 saturated carbocycles. The lowest BCUT2D eigenvalue weighted by Gasteiger charge is -2.29. The molecule has 1 rings (SSSR count). The van der Waals surface area contributed by atoms with Crippen LogP contribution in [0.15, 0.2) is 11.6 Å². The van der Waals surface area contributed by atoms with Gasteiger partial charge in [-0.15, -0.1) is 0 Å². The van der Waals surface area contributed by atoms with Crippen LogP contribution in [0.1, 0.15) is 86.0 Å². The summed E-state index contributed by atoms with van der Waals surface area (Å²) in [5, 5.41) is 0. The standard InChI is InChI=1S/C20H36O3/c1-16(2)11-12-19(23-18(4)21)17(3)10-9-14-20(5)13-7-6-8-15-22-20/h11,17,19H,6-10,12-15H2,1-5H3. The van der Waals surface area contributed by atoms with Crippen LogP contribution in [-0.4, -0.2) is 24.3 Å². The van der Waals surface area contributed by atoms with Crippen LogP contribution in [0, 0.1) is 5.92 Å². The van der Waals surface area contributed by atoms with Gasteiger partial charge in [0.1, 0.15) is 6.10 Å². The lowest BCUT2D eigenvalue weighted by Crippen LogP contribution is -2.29. The highest BCUT2D eigenvalue weighted by atomic mass is 16.5. The minimum atomic E-state index is -0.178. The summed E-state index contributed by atoms with van der Waals surface area (Å²) >= 11 is 0. The monoisotopic (exact) mass is 324 g/mol. The number of hydrogen-bond donors (Lipinski definition) is 0. The van der Waals surface area contributed by atoms with E-state index in [1.807, 2.05) is 0 Å². The summed E-state index contributed by atoms with van der Waals surface area (Å²) in [6.07, 6.45) is 11.2. The fourth-order valence-corrected chi connectivity index (χ4v) is 3.31. The van der Waals surface area contributed by atoms with Crippen molar-refractivity contribution in [3.8, 4) is 0 Å². The molecular weight excluding hydrogens is 288 g/mol. The summed E-state index contributed by atoms with van der Waals surface area (Å²) < 4.78 is 11.6. The Morgan fingerprint density at radius 3 is 2.65 bits per heavy atom. The summed E-state index contributed by atoms with van der Waals surface area (Å²) in [7, 11) is 0. The minimum absolute atomic E-state index is 0.00902. The average Bonchev–Trinajstić information content (AvgIpc) is 2.67. The van der Waals surface area contributed by atoms with Crippen molar-refractivity contribution in [3.05, 3.63) is 11.6 Å². The van der Waals surface area contributed by atoms with E-state index in [2.05, 4.69) is 33.8 Å². The number of rotatable bonds is 8. The Labute approximate surface area is 142 Å². The number of carbonyl (C=O) groups is 1. The van der Waals surface area contributed by atoms with Gasteiger partial charge in [0.25, 0.3) is 0 Å². The fraction of sp³-hybridized carbons (Fsp3) is 0.850. The molecule has 0 aromatic heterocycles. The summed E-state index contributed by atoms with van der Waals surface area (Å²) in [6.45, 7) is 11.0. The molecule has 0 bridgehead atoms. The highest BCUT2D eigenvalue weighted by molar-refractivity contribution is 5.66. The van der Waals surface area contributed by atoms with Crippen molar-refractivity contribution in [1.82, 2.24) is 0 Å². The second kappa shape index (κ2) is 10.1. The summed E-state index contributed by atoms with van der Waals surface area (Å²) in [5.41, 5.74) is 1.32. The van der Waals surface area contributed by atoms with Crippen molar-refractivity contribution in [1.29, 1.82) is 0 Å². The molecule has 0 aliphatic carbocycles. The highest BCUT2D eigenvalue weighted by Crippen LogP contribution is 2.30. The van der Waals surface area contributed by atoms with Gasteiger partial charge in [-0.25, -0.2) is 0 Å². The Bertz CT molecular complexity index is 374. The Morgan fingerprint density at radius 2 is 2.00 bits per heavy atom. The second-order valence-corrected chi connectivity index (χ2v) is 7.64. The third kappa shape index (κ3) is 8.55. The molecule has 1 heterocycles. The van der Waals surface area contributed by atoms with Gasteiger partial charge < -0.3 is 9.47 Å². The van der Waals surface area contributed by atoms with Crippen LogP contribution in [-0.2, 0) is 14.3 Å². The van der Waals surface area contributed by atoms with Crippen LogP contribution in [0.2, 0.25) is 0 Å². The Hall–Kier alpha value is -0.830. The van der Waals surface area contributed by atoms with E-state index in [-0.39, 0.29) is 17.7 Å². The van der Waals surface area contributed by atoms with Gasteiger partial charge in [0.2, 0.25) is 0 Å². The van der Waals surface area contributed by atoms with E-state index in [1.54, 1.807) is 0 Å². The maximum atomic E-state index is 11.4. The molecule has 1 aliphatic heterocycles. The van der Waals surface area contributed by atoms with E-state index < -0.39 is 0 Å². The quantitative estimate of drug-likeness (QED) is 0.441. The Kier molecular flexibility index (Phi) is 8.90. The number of allylic oxidation sites excluding steroid dienone is 1. The molecule has 0 spiro atoms. The zero-order valence-corrected chi connectivity index (χ0v) is 15.8. The summed E-state index contributed by atoms with van der Waals surface area (Å²) in [6, 6.07) is 0. The number of carbonyl (C=O) groups excluding carboxylic acids is 1.